The lowest BCUT2D eigenvalue weighted by Crippen LogP contribution is -2.29. The summed E-state index contributed by atoms with van der Waals surface area (Å²) in [7, 11) is 0. The Morgan fingerprint density at radius 3 is 3.13 bits per heavy atom. The minimum Gasteiger partial charge on any atom is -0.381 e. The summed E-state index contributed by atoms with van der Waals surface area (Å²) < 4.78 is 10.3. The zero-order valence-electron chi connectivity index (χ0n) is 9.03. The van der Waals surface area contributed by atoms with E-state index < -0.39 is 0 Å². The van der Waals surface area contributed by atoms with Gasteiger partial charge in [-0.15, -0.1) is 0 Å². The Kier molecular flexibility index (Phi) is 3.69. The number of aryl methyl sites for hydroxylation is 1. The summed E-state index contributed by atoms with van der Waals surface area (Å²) in [5, 5.41) is 7.14. The molecular formula is C10H17N3O2. The molecule has 1 saturated heterocycles. The number of hydrogen-bond acceptors (Lipinski definition) is 5. The molecule has 1 aromatic heterocycles. The summed E-state index contributed by atoms with van der Waals surface area (Å²) in [5.74, 6) is 1.98. The van der Waals surface area contributed by atoms with Crippen molar-refractivity contribution in [2.75, 3.05) is 19.8 Å². The number of aromatic nitrogens is 2. The molecule has 1 aliphatic heterocycles. The standard InChI is InChI=1S/C10H17N3O2/c1-8-12-10(13-15-8)6-11-5-9-3-2-4-14-7-9/h9,11H,2-7H2,1H3. The van der Waals surface area contributed by atoms with Crippen molar-refractivity contribution in [2.45, 2.75) is 26.3 Å². The third kappa shape index (κ3) is 3.28. The van der Waals surface area contributed by atoms with Crippen LogP contribution in [0.1, 0.15) is 24.6 Å². The van der Waals surface area contributed by atoms with Gasteiger partial charge in [-0.2, -0.15) is 4.98 Å². The third-order valence-corrected chi connectivity index (χ3v) is 2.54. The summed E-state index contributed by atoms with van der Waals surface area (Å²) in [6, 6.07) is 0. The smallest absolute Gasteiger partial charge is 0.223 e. The van der Waals surface area contributed by atoms with E-state index in [-0.39, 0.29) is 0 Å². The van der Waals surface area contributed by atoms with Gasteiger partial charge in [0.25, 0.3) is 0 Å². The number of rotatable bonds is 4. The second-order valence-corrected chi connectivity index (χ2v) is 3.94. The van der Waals surface area contributed by atoms with Gasteiger partial charge >= 0.3 is 0 Å². The van der Waals surface area contributed by atoms with Gasteiger partial charge in [0, 0.05) is 20.1 Å². The molecular weight excluding hydrogens is 194 g/mol. The average molecular weight is 211 g/mol. The second-order valence-electron chi connectivity index (χ2n) is 3.94. The van der Waals surface area contributed by atoms with Crippen LogP contribution < -0.4 is 5.32 Å². The van der Waals surface area contributed by atoms with Gasteiger partial charge in [-0.05, 0) is 18.8 Å². The van der Waals surface area contributed by atoms with Gasteiger partial charge in [0.15, 0.2) is 5.82 Å². The molecule has 1 aromatic rings. The molecule has 1 aliphatic rings. The Morgan fingerprint density at radius 2 is 2.47 bits per heavy atom. The Hall–Kier alpha value is -0.940. The number of nitrogens with one attached hydrogen (secondary N) is 1. The van der Waals surface area contributed by atoms with E-state index in [1.165, 1.54) is 12.8 Å². The van der Waals surface area contributed by atoms with Crippen molar-refractivity contribution in [1.29, 1.82) is 0 Å². The Morgan fingerprint density at radius 1 is 1.53 bits per heavy atom. The van der Waals surface area contributed by atoms with Crippen LogP contribution in [0, 0.1) is 12.8 Å². The van der Waals surface area contributed by atoms with Crippen molar-refractivity contribution in [3.8, 4) is 0 Å². The van der Waals surface area contributed by atoms with Crippen molar-refractivity contribution in [2.24, 2.45) is 5.92 Å². The van der Waals surface area contributed by atoms with Crippen molar-refractivity contribution in [3.63, 3.8) is 0 Å². The van der Waals surface area contributed by atoms with E-state index in [1.807, 2.05) is 0 Å². The molecule has 84 valence electrons. The van der Waals surface area contributed by atoms with Gasteiger partial charge < -0.3 is 14.6 Å². The first-order chi connectivity index (χ1) is 7.34. The molecule has 5 heteroatoms. The highest BCUT2D eigenvalue weighted by Crippen LogP contribution is 2.12. The molecule has 0 aromatic carbocycles. The van der Waals surface area contributed by atoms with Crippen molar-refractivity contribution in [1.82, 2.24) is 15.5 Å². The molecule has 2 rings (SSSR count). The van der Waals surface area contributed by atoms with E-state index >= 15 is 0 Å². The normalized spacial score (nSPS) is 21.8. The highest BCUT2D eigenvalue weighted by molar-refractivity contribution is 4.83. The van der Waals surface area contributed by atoms with Crippen LogP contribution in [0.2, 0.25) is 0 Å². The topological polar surface area (TPSA) is 60.2 Å². The van der Waals surface area contributed by atoms with E-state index in [9.17, 15) is 0 Å². The van der Waals surface area contributed by atoms with Gasteiger partial charge in [-0.25, -0.2) is 0 Å². The minimum atomic E-state index is 0.618. The highest BCUT2D eigenvalue weighted by Gasteiger charge is 2.13. The van der Waals surface area contributed by atoms with Gasteiger partial charge in [0.2, 0.25) is 5.89 Å². The first kappa shape index (κ1) is 10.6. The van der Waals surface area contributed by atoms with Crippen LogP contribution in [-0.2, 0) is 11.3 Å². The summed E-state index contributed by atoms with van der Waals surface area (Å²) in [5.41, 5.74) is 0. The molecule has 1 atom stereocenters. The number of ether oxygens (including phenoxy) is 1. The molecule has 0 aliphatic carbocycles. The van der Waals surface area contributed by atoms with Gasteiger partial charge in [-0.1, -0.05) is 5.16 Å². The quantitative estimate of drug-likeness (QED) is 0.801. The monoisotopic (exact) mass is 211 g/mol. The van der Waals surface area contributed by atoms with Crippen LogP contribution in [-0.4, -0.2) is 29.9 Å². The number of hydrogen-bond donors (Lipinski definition) is 1. The predicted molar refractivity (Wildman–Crippen MR) is 54.3 cm³/mol. The highest BCUT2D eigenvalue weighted by atomic mass is 16.5. The minimum absolute atomic E-state index is 0.618. The lowest BCUT2D eigenvalue weighted by molar-refractivity contribution is 0.0547. The average Bonchev–Trinajstić information content (AvgIpc) is 2.66. The maximum absolute atomic E-state index is 5.40. The molecule has 0 bridgehead atoms. The largest absolute Gasteiger partial charge is 0.381 e. The maximum Gasteiger partial charge on any atom is 0.223 e. The van der Waals surface area contributed by atoms with E-state index in [1.54, 1.807) is 6.92 Å². The second kappa shape index (κ2) is 5.23. The van der Waals surface area contributed by atoms with Gasteiger partial charge in [0.1, 0.15) is 0 Å². The molecule has 1 unspecified atom stereocenters. The molecule has 5 nitrogen and oxygen atoms in total. The molecule has 0 radical (unpaired) electrons. The van der Waals surface area contributed by atoms with Crippen LogP contribution in [0.15, 0.2) is 4.52 Å². The fraction of sp³-hybridized carbons (Fsp3) is 0.800. The molecule has 1 N–H and O–H groups in total. The molecule has 0 saturated carbocycles. The van der Waals surface area contributed by atoms with Crippen molar-refractivity contribution < 1.29 is 9.26 Å². The van der Waals surface area contributed by atoms with Crippen molar-refractivity contribution >= 4 is 0 Å². The SMILES string of the molecule is Cc1nc(CNCC2CCCOC2)no1. The lowest BCUT2D eigenvalue weighted by atomic mass is 10.0. The lowest BCUT2D eigenvalue weighted by Gasteiger charge is -2.21. The first-order valence-electron chi connectivity index (χ1n) is 5.42. The Labute approximate surface area is 89.2 Å². The van der Waals surface area contributed by atoms with Crippen LogP contribution in [0.5, 0.6) is 0 Å². The molecule has 2 heterocycles. The van der Waals surface area contributed by atoms with Crippen LogP contribution in [0.3, 0.4) is 0 Å². The third-order valence-electron chi connectivity index (χ3n) is 2.54. The summed E-state index contributed by atoms with van der Waals surface area (Å²) in [6.07, 6.45) is 2.42. The van der Waals surface area contributed by atoms with Gasteiger partial charge in [0.05, 0.1) is 13.2 Å². The van der Waals surface area contributed by atoms with Crippen LogP contribution in [0.25, 0.3) is 0 Å². The summed E-state index contributed by atoms with van der Waals surface area (Å²) in [6.45, 7) is 5.23. The van der Waals surface area contributed by atoms with Crippen LogP contribution >= 0.6 is 0 Å². The maximum atomic E-state index is 5.40. The Bertz CT molecular complexity index is 295. The van der Waals surface area contributed by atoms with E-state index in [4.69, 9.17) is 9.26 Å². The fourth-order valence-corrected chi connectivity index (χ4v) is 1.77. The molecule has 0 spiro atoms. The van der Waals surface area contributed by atoms with E-state index in [0.717, 1.165) is 25.6 Å². The van der Waals surface area contributed by atoms with E-state index in [2.05, 4.69) is 15.5 Å². The molecule has 0 amide bonds. The Balaban J connectivity index is 1.65. The zero-order valence-corrected chi connectivity index (χ0v) is 9.03. The van der Waals surface area contributed by atoms with E-state index in [0.29, 0.717) is 18.4 Å². The zero-order chi connectivity index (χ0) is 10.5. The number of nitrogens with zero attached hydrogens (tertiary/aromatic N) is 2. The first-order valence-corrected chi connectivity index (χ1v) is 5.42. The van der Waals surface area contributed by atoms with Gasteiger partial charge in [-0.3, -0.25) is 0 Å². The van der Waals surface area contributed by atoms with Crippen LogP contribution in [0.4, 0.5) is 0 Å². The molecule has 1 fully saturated rings. The van der Waals surface area contributed by atoms with Crippen molar-refractivity contribution in [3.05, 3.63) is 11.7 Å². The molecule has 15 heavy (non-hydrogen) atoms. The predicted octanol–water partition coefficient (Wildman–Crippen LogP) is 0.894. The summed E-state index contributed by atoms with van der Waals surface area (Å²) in [4.78, 5) is 4.12. The fourth-order valence-electron chi connectivity index (χ4n) is 1.77. The summed E-state index contributed by atoms with van der Waals surface area (Å²) >= 11 is 0.